The molecule has 0 radical (unpaired) electrons. The van der Waals surface area contributed by atoms with Crippen LogP contribution in [0.3, 0.4) is 0 Å². The lowest BCUT2D eigenvalue weighted by Gasteiger charge is -2.09. The number of carboxylic acids is 1. The van der Waals surface area contributed by atoms with Crippen molar-refractivity contribution in [3.63, 3.8) is 0 Å². The number of benzene rings is 2. The maximum Gasteiger partial charge on any atom is 0.323 e. The highest BCUT2D eigenvalue weighted by Gasteiger charge is 2.07. The van der Waals surface area contributed by atoms with Crippen LogP contribution in [0.25, 0.3) is 22.2 Å². The summed E-state index contributed by atoms with van der Waals surface area (Å²) in [6.07, 6.45) is 4.11. The van der Waals surface area contributed by atoms with E-state index in [1.54, 1.807) is 24.1 Å². The van der Waals surface area contributed by atoms with Gasteiger partial charge in [0.1, 0.15) is 23.7 Å². The fourth-order valence-electron chi connectivity index (χ4n) is 3.41. The Morgan fingerprint density at radius 3 is 2.63 bits per heavy atom. The maximum absolute atomic E-state index is 10.9. The fraction of sp³-hybridized carbons (Fsp3) is 0.167. The Morgan fingerprint density at radius 1 is 1.03 bits per heavy atom. The van der Waals surface area contributed by atoms with Crippen LogP contribution in [0.1, 0.15) is 5.56 Å². The van der Waals surface area contributed by atoms with Crippen molar-refractivity contribution in [1.29, 1.82) is 0 Å². The number of hydrogen-bond donors (Lipinski definition) is 1. The van der Waals surface area contributed by atoms with Gasteiger partial charge < -0.3 is 19.1 Å². The van der Waals surface area contributed by atoms with Gasteiger partial charge in [0.25, 0.3) is 0 Å². The monoisotopic (exact) mass is 402 g/mol. The third-order valence-corrected chi connectivity index (χ3v) is 4.87. The molecule has 6 heteroatoms. The normalized spacial score (nSPS) is 10.8. The summed E-state index contributed by atoms with van der Waals surface area (Å²) in [5.74, 6) is 0.603. The highest BCUT2D eigenvalue weighted by atomic mass is 16.5. The van der Waals surface area contributed by atoms with E-state index < -0.39 is 5.97 Å². The molecule has 0 aliphatic carbocycles. The first-order chi connectivity index (χ1) is 14.6. The highest BCUT2D eigenvalue weighted by Crippen LogP contribution is 2.25. The minimum atomic E-state index is -0.897. The van der Waals surface area contributed by atoms with Crippen molar-refractivity contribution < 1.29 is 19.4 Å². The molecule has 0 saturated heterocycles. The Labute approximate surface area is 174 Å². The second kappa shape index (κ2) is 8.69. The molecule has 152 valence electrons. The number of carbonyl (C=O) groups is 1. The van der Waals surface area contributed by atoms with E-state index in [1.165, 1.54) is 5.56 Å². The van der Waals surface area contributed by atoms with Crippen LogP contribution in [0.5, 0.6) is 11.5 Å². The van der Waals surface area contributed by atoms with Crippen molar-refractivity contribution in [2.24, 2.45) is 0 Å². The van der Waals surface area contributed by atoms with E-state index in [4.69, 9.17) is 14.6 Å². The predicted molar refractivity (Wildman–Crippen MR) is 115 cm³/mol. The van der Waals surface area contributed by atoms with Gasteiger partial charge in [0.15, 0.2) is 0 Å². The number of ether oxygens (including phenoxy) is 2. The molecular formula is C24H22N2O4. The number of rotatable bonds is 8. The zero-order chi connectivity index (χ0) is 20.9. The molecule has 2 aromatic heterocycles. The number of hydrogen-bond acceptors (Lipinski definition) is 4. The van der Waals surface area contributed by atoms with Gasteiger partial charge in [0, 0.05) is 18.0 Å². The lowest BCUT2D eigenvalue weighted by atomic mass is 10.0. The molecule has 4 aromatic rings. The molecule has 1 N–H and O–H groups in total. The summed E-state index contributed by atoms with van der Waals surface area (Å²) in [5.41, 5.74) is 4.06. The lowest BCUT2D eigenvalue weighted by Crippen LogP contribution is -2.08. The van der Waals surface area contributed by atoms with E-state index >= 15 is 0 Å². The molecule has 0 atom stereocenters. The molecule has 0 unspecified atom stereocenters. The van der Waals surface area contributed by atoms with Gasteiger partial charge in [0.05, 0.1) is 19.9 Å². The van der Waals surface area contributed by atoms with E-state index in [0.29, 0.717) is 18.0 Å². The van der Waals surface area contributed by atoms with E-state index in [1.807, 2.05) is 36.4 Å². The van der Waals surface area contributed by atoms with E-state index in [2.05, 4.69) is 29.2 Å². The second-order valence-corrected chi connectivity index (χ2v) is 6.95. The van der Waals surface area contributed by atoms with Crippen LogP contribution in [0.2, 0.25) is 0 Å². The zero-order valence-corrected chi connectivity index (χ0v) is 16.6. The van der Waals surface area contributed by atoms with Gasteiger partial charge in [-0.15, -0.1) is 0 Å². The van der Waals surface area contributed by atoms with Crippen LogP contribution in [0.4, 0.5) is 0 Å². The Morgan fingerprint density at radius 2 is 1.83 bits per heavy atom. The van der Waals surface area contributed by atoms with Crippen LogP contribution in [-0.4, -0.2) is 34.3 Å². The van der Waals surface area contributed by atoms with Crippen LogP contribution in [0, 0.1) is 0 Å². The van der Waals surface area contributed by atoms with Crippen molar-refractivity contribution in [3.8, 4) is 22.6 Å². The third-order valence-electron chi connectivity index (χ3n) is 4.87. The first-order valence-electron chi connectivity index (χ1n) is 9.65. The van der Waals surface area contributed by atoms with Gasteiger partial charge in [0.2, 0.25) is 0 Å². The molecule has 0 fully saturated rings. The number of methoxy groups -OCH3 is 1. The molecule has 0 bridgehead atoms. The summed E-state index contributed by atoms with van der Waals surface area (Å²) < 4.78 is 12.8. The van der Waals surface area contributed by atoms with Crippen molar-refractivity contribution in [3.05, 3.63) is 78.6 Å². The molecule has 2 heterocycles. The average Bonchev–Trinajstić information content (AvgIpc) is 3.15. The number of aromatic nitrogens is 2. The summed E-state index contributed by atoms with van der Waals surface area (Å²) in [7, 11) is 1.67. The van der Waals surface area contributed by atoms with Gasteiger partial charge in [-0.2, -0.15) is 0 Å². The minimum absolute atomic E-state index is 0.111. The largest absolute Gasteiger partial charge is 0.497 e. The third kappa shape index (κ3) is 4.43. The Balaban J connectivity index is 1.41. The Kier molecular flexibility index (Phi) is 5.66. The van der Waals surface area contributed by atoms with E-state index in [0.717, 1.165) is 28.7 Å². The number of carboxylic acid groups (broad SMARTS) is 1. The smallest absolute Gasteiger partial charge is 0.323 e. The van der Waals surface area contributed by atoms with Crippen LogP contribution in [0.15, 0.2) is 73.1 Å². The molecule has 6 nitrogen and oxygen atoms in total. The van der Waals surface area contributed by atoms with Crippen molar-refractivity contribution >= 4 is 17.0 Å². The molecule has 2 aromatic carbocycles. The molecule has 0 aliphatic rings. The van der Waals surface area contributed by atoms with E-state index in [-0.39, 0.29) is 6.54 Å². The standard InChI is InChI=1S/C24H22N2O4/c1-29-21-7-3-6-19(13-21)18-5-2-4-17(12-18)9-11-30-22-14-20-8-10-26(16-23(27)28)24(20)25-15-22/h2-8,10,12-15H,9,11,16H2,1H3,(H,27,28). The van der Waals surface area contributed by atoms with Crippen LogP contribution < -0.4 is 9.47 Å². The number of pyridine rings is 1. The van der Waals surface area contributed by atoms with Gasteiger partial charge in [-0.25, -0.2) is 4.98 Å². The topological polar surface area (TPSA) is 73.6 Å². The second-order valence-electron chi connectivity index (χ2n) is 6.95. The summed E-state index contributed by atoms with van der Waals surface area (Å²) in [6, 6.07) is 20.1. The number of nitrogens with zero attached hydrogens (tertiary/aromatic N) is 2. The molecular weight excluding hydrogens is 380 g/mol. The molecule has 0 saturated carbocycles. The van der Waals surface area contributed by atoms with Crippen molar-refractivity contribution in [1.82, 2.24) is 9.55 Å². The molecule has 0 aliphatic heterocycles. The van der Waals surface area contributed by atoms with Gasteiger partial charge in [-0.05, 0) is 41.0 Å². The molecule has 30 heavy (non-hydrogen) atoms. The number of fused-ring (bicyclic) bond motifs is 1. The first-order valence-corrected chi connectivity index (χ1v) is 9.65. The van der Waals surface area contributed by atoms with Gasteiger partial charge in [-0.1, -0.05) is 36.4 Å². The first kappa shape index (κ1) is 19.5. The van der Waals surface area contributed by atoms with E-state index in [9.17, 15) is 4.79 Å². The van der Waals surface area contributed by atoms with Crippen molar-refractivity contribution in [2.45, 2.75) is 13.0 Å². The number of aliphatic carboxylic acids is 1. The Bertz CT molecular complexity index is 1180. The van der Waals surface area contributed by atoms with Crippen LogP contribution >= 0.6 is 0 Å². The quantitative estimate of drug-likeness (QED) is 0.472. The summed E-state index contributed by atoms with van der Waals surface area (Å²) >= 11 is 0. The summed E-state index contributed by atoms with van der Waals surface area (Å²) in [4.78, 5) is 15.3. The summed E-state index contributed by atoms with van der Waals surface area (Å²) in [5, 5.41) is 9.82. The fourth-order valence-corrected chi connectivity index (χ4v) is 3.41. The SMILES string of the molecule is COc1cccc(-c2cccc(CCOc3cnc4c(ccn4CC(=O)O)c3)c2)c1. The Hall–Kier alpha value is -3.80. The van der Waals surface area contributed by atoms with Crippen molar-refractivity contribution in [2.75, 3.05) is 13.7 Å². The maximum atomic E-state index is 10.9. The highest BCUT2D eigenvalue weighted by molar-refractivity contribution is 5.79. The van der Waals surface area contributed by atoms with Gasteiger partial charge >= 0.3 is 5.97 Å². The molecule has 0 amide bonds. The minimum Gasteiger partial charge on any atom is -0.497 e. The van der Waals surface area contributed by atoms with Gasteiger partial charge in [-0.3, -0.25) is 4.79 Å². The average molecular weight is 402 g/mol. The van der Waals surface area contributed by atoms with Crippen LogP contribution in [-0.2, 0) is 17.8 Å². The lowest BCUT2D eigenvalue weighted by molar-refractivity contribution is -0.137. The molecule has 4 rings (SSSR count). The summed E-state index contributed by atoms with van der Waals surface area (Å²) in [6.45, 7) is 0.408. The molecule has 0 spiro atoms. The predicted octanol–water partition coefficient (Wildman–Crippen LogP) is 4.42. The zero-order valence-electron chi connectivity index (χ0n) is 16.6.